The van der Waals surface area contributed by atoms with E-state index < -0.39 is 0 Å². The van der Waals surface area contributed by atoms with Gasteiger partial charge in [0.25, 0.3) is 5.91 Å². The van der Waals surface area contributed by atoms with Crippen LogP contribution in [0.5, 0.6) is 0 Å². The van der Waals surface area contributed by atoms with Gasteiger partial charge in [0.2, 0.25) is 0 Å². The Bertz CT molecular complexity index is 622. The van der Waals surface area contributed by atoms with E-state index in [1.165, 1.54) is 24.4 Å². The van der Waals surface area contributed by atoms with Crippen molar-refractivity contribution < 1.29 is 4.79 Å². The first-order valence-corrected chi connectivity index (χ1v) is 7.08. The van der Waals surface area contributed by atoms with Crippen molar-refractivity contribution >= 4 is 5.91 Å². The molecule has 2 heterocycles. The summed E-state index contributed by atoms with van der Waals surface area (Å²) in [4.78, 5) is 16.5. The van der Waals surface area contributed by atoms with Crippen molar-refractivity contribution in [3.8, 4) is 0 Å². The fourth-order valence-electron chi connectivity index (χ4n) is 2.51. The van der Waals surface area contributed by atoms with Crippen LogP contribution in [0.15, 0.2) is 24.5 Å². The van der Waals surface area contributed by atoms with E-state index >= 15 is 0 Å². The molecule has 1 saturated carbocycles. The lowest BCUT2D eigenvalue weighted by Gasteiger charge is -2.11. The van der Waals surface area contributed by atoms with Crippen molar-refractivity contribution in [3.63, 3.8) is 0 Å². The van der Waals surface area contributed by atoms with E-state index in [1.54, 1.807) is 0 Å². The van der Waals surface area contributed by atoms with Gasteiger partial charge in [0, 0.05) is 44.1 Å². The van der Waals surface area contributed by atoms with Gasteiger partial charge in [-0.3, -0.25) is 4.79 Å². The highest BCUT2D eigenvalue weighted by molar-refractivity contribution is 5.92. The van der Waals surface area contributed by atoms with E-state index in [0.29, 0.717) is 18.2 Å². The number of amides is 1. The maximum atomic E-state index is 12.0. The van der Waals surface area contributed by atoms with E-state index in [2.05, 4.69) is 21.8 Å². The third kappa shape index (κ3) is 2.48. The second kappa shape index (κ2) is 5.15. The predicted molar refractivity (Wildman–Crippen MR) is 76.7 cm³/mol. The highest BCUT2D eigenvalue weighted by Gasteiger charge is 2.28. The molecule has 3 rings (SSSR count). The average Bonchev–Trinajstić information content (AvgIpc) is 3.08. The molecular weight excluding hydrogens is 252 g/mol. The van der Waals surface area contributed by atoms with E-state index in [1.807, 2.05) is 36.1 Å². The van der Waals surface area contributed by atoms with Gasteiger partial charge in [-0.1, -0.05) is 0 Å². The molecule has 0 bridgehead atoms. The molecule has 0 spiro atoms. The summed E-state index contributed by atoms with van der Waals surface area (Å²) < 4.78 is 4.05. The molecule has 0 aromatic carbocycles. The first kappa shape index (κ1) is 13.0. The van der Waals surface area contributed by atoms with Crippen LogP contribution >= 0.6 is 0 Å². The lowest BCUT2D eigenvalue weighted by molar-refractivity contribution is 0.0944. The Morgan fingerprint density at radius 2 is 2.30 bits per heavy atom. The van der Waals surface area contributed by atoms with Crippen molar-refractivity contribution in [2.24, 2.45) is 7.05 Å². The maximum Gasteiger partial charge on any atom is 0.267 e. The smallest absolute Gasteiger partial charge is 0.267 e. The van der Waals surface area contributed by atoms with Gasteiger partial charge >= 0.3 is 0 Å². The first-order chi connectivity index (χ1) is 9.66. The van der Waals surface area contributed by atoms with Crippen LogP contribution in [0.4, 0.5) is 0 Å². The molecule has 2 aromatic heterocycles. The number of imidazole rings is 1. The van der Waals surface area contributed by atoms with Gasteiger partial charge in [-0.2, -0.15) is 0 Å². The van der Waals surface area contributed by atoms with Gasteiger partial charge in [0.05, 0.1) is 0 Å². The van der Waals surface area contributed by atoms with Crippen molar-refractivity contribution in [1.29, 1.82) is 0 Å². The molecule has 5 heteroatoms. The molecule has 5 nitrogen and oxygen atoms in total. The van der Waals surface area contributed by atoms with Crippen LogP contribution in [-0.4, -0.2) is 26.6 Å². The lowest BCUT2D eigenvalue weighted by Crippen LogP contribution is -2.29. The largest absolute Gasteiger partial charge is 0.349 e. The number of nitrogens with zero attached hydrogens (tertiary/aromatic N) is 3. The van der Waals surface area contributed by atoms with Crippen LogP contribution in [0.25, 0.3) is 0 Å². The quantitative estimate of drug-likeness (QED) is 0.903. The van der Waals surface area contributed by atoms with Gasteiger partial charge < -0.3 is 14.5 Å². The molecule has 0 aliphatic heterocycles. The third-order valence-electron chi connectivity index (χ3n) is 3.83. The molecule has 0 atom stereocenters. The monoisotopic (exact) mass is 272 g/mol. The van der Waals surface area contributed by atoms with E-state index in [4.69, 9.17) is 0 Å². The number of aromatic nitrogens is 3. The minimum absolute atomic E-state index is 0.0248. The predicted octanol–water partition coefficient (Wildman–Crippen LogP) is 1.84. The van der Waals surface area contributed by atoms with Crippen LogP contribution < -0.4 is 5.32 Å². The van der Waals surface area contributed by atoms with Crippen LogP contribution in [-0.2, 0) is 13.6 Å². The molecule has 1 amide bonds. The molecule has 1 aliphatic rings. The average molecular weight is 272 g/mol. The van der Waals surface area contributed by atoms with Crippen molar-refractivity contribution in [2.75, 3.05) is 6.54 Å². The second-order valence-electron chi connectivity index (χ2n) is 5.44. The molecular formula is C15H20N4O. The maximum absolute atomic E-state index is 12.0. The molecule has 0 unspecified atom stereocenters. The highest BCUT2D eigenvalue weighted by atomic mass is 16.1. The van der Waals surface area contributed by atoms with Crippen molar-refractivity contribution in [1.82, 2.24) is 19.4 Å². The number of carbonyl (C=O) groups is 1. The summed E-state index contributed by atoms with van der Waals surface area (Å²) in [6, 6.07) is 3.70. The normalized spacial score (nSPS) is 14.5. The molecule has 1 N–H and O–H groups in total. The minimum Gasteiger partial charge on any atom is -0.349 e. The zero-order chi connectivity index (χ0) is 14.1. The molecule has 106 valence electrons. The third-order valence-corrected chi connectivity index (χ3v) is 3.83. The molecule has 1 fully saturated rings. The Hall–Kier alpha value is -2.04. The number of hydrogen-bond acceptors (Lipinski definition) is 2. The number of carbonyl (C=O) groups excluding carboxylic acids is 1. The van der Waals surface area contributed by atoms with Crippen LogP contribution in [0.1, 0.15) is 40.8 Å². The number of aryl methyl sites for hydroxylation is 2. The Morgan fingerprint density at radius 3 is 2.95 bits per heavy atom. The van der Waals surface area contributed by atoms with E-state index in [0.717, 1.165) is 6.54 Å². The Kier molecular flexibility index (Phi) is 3.34. The first-order valence-electron chi connectivity index (χ1n) is 7.08. The van der Waals surface area contributed by atoms with Gasteiger partial charge in [0.1, 0.15) is 11.5 Å². The van der Waals surface area contributed by atoms with Crippen molar-refractivity contribution in [3.05, 3.63) is 41.7 Å². The summed E-state index contributed by atoms with van der Waals surface area (Å²) in [5.41, 5.74) is 1.86. The van der Waals surface area contributed by atoms with E-state index in [-0.39, 0.29) is 5.91 Å². The summed E-state index contributed by atoms with van der Waals surface area (Å²) >= 11 is 0. The Morgan fingerprint density at radius 1 is 1.50 bits per heavy atom. The topological polar surface area (TPSA) is 51.9 Å². The second-order valence-corrected chi connectivity index (χ2v) is 5.44. The summed E-state index contributed by atoms with van der Waals surface area (Å²) in [7, 11) is 1.88. The Balaban J connectivity index is 1.59. The zero-order valence-corrected chi connectivity index (χ0v) is 12.0. The summed E-state index contributed by atoms with van der Waals surface area (Å²) in [5, 5.41) is 2.97. The van der Waals surface area contributed by atoms with Crippen LogP contribution in [0.3, 0.4) is 0 Å². The van der Waals surface area contributed by atoms with Gasteiger partial charge in [-0.25, -0.2) is 4.98 Å². The Labute approximate surface area is 118 Å². The summed E-state index contributed by atoms with van der Waals surface area (Å²) in [5.74, 6) is 1.78. The molecule has 20 heavy (non-hydrogen) atoms. The molecule has 0 saturated heterocycles. The SMILES string of the molecule is Cc1cnc(C2CC2)n1CCNC(=O)c1cccn1C. The summed E-state index contributed by atoms with van der Waals surface area (Å²) in [6.45, 7) is 3.48. The number of rotatable bonds is 5. The van der Waals surface area contributed by atoms with Crippen LogP contribution in [0, 0.1) is 6.92 Å². The van der Waals surface area contributed by atoms with Gasteiger partial charge in [-0.15, -0.1) is 0 Å². The number of nitrogens with one attached hydrogen (secondary N) is 1. The van der Waals surface area contributed by atoms with Gasteiger partial charge in [0.15, 0.2) is 0 Å². The molecule has 0 radical (unpaired) electrons. The summed E-state index contributed by atoms with van der Waals surface area (Å²) in [6.07, 6.45) is 6.28. The highest BCUT2D eigenvalue weighted by Crippen LogP contribution is 2.39. The fourth-order valence-corrected chi connectivity index (χ4v) is 2.51. The zero-order valence-electron chi connectivity index (χ0n) is 12.0. The molecule has 1 aliphatic carbocycles. The van der Waals surface area contributed by atoms with Gasteiger partial charge in [-0.05, 0) is 31.9 Å². The minimum atomic E-state index is -0.0248. The van der Waals surface area contributed by atoms with Crippen molar-refractivity contribution in [2.45, 2.75) is 32.2 Å². The lowest BCUT2D eigenvalue weighted by atomic mass is 10.3. The fraction of sp³-hybridized carbons (Fsp3) is 0.467. The molecule has 2 aromatic rings. The van der Waals surface area contributed by atoms with E-state index in [9.17, 15) is 4.79 Å². The van der Waals surface area contributed by atoms with Crippen LogP contribution in [0.2, 0.25) is 0 Å². The standard InChI is InChI=1S/C15H20N4O/c1-11-10-17-14(12-5-6-12)19(11)9-7-16-15(20)13-4-3-8-18(13)2/h3-4,8,10,12H,5-7,9H2,1-2H3,(H,16,20). The number of hydrogen-bond donors (Lipinski definition) is 1.